The molecule has 1 aromatic heterocycles. The fourth-order valence-corrected chi connectivity index (χ4v) is 1.97. The Bertz CT molecular complexity index is 637. The Morgan fingerprint density at radius 2 is 2.15 bits per heavy atom. The van der Waals surface area contributed by atoms with Crippen molar-refractivity contribution in [1.82, 2.24) is 4.98 Å². The molecular weight excluding hydrogens is 277 g/mol. The number of nitrogens with one attached hydrogen (secondary N) is 1. The largest absolute Gasteiger partial charge is 0.370 e. The summed E-state index contributed by atoms with van der Waals surface area (Å²) in [5, 5.41) is 12.3. The van der Waals surface area contributed by atoms with Gasteiger partial charge in [-0.1, -0.05) is 23.7 Å². The number of halogens is 2. The van der Waals surface area contributed by atoms with Gasteiger partial charge < -0.3 is 5.32 Å². The van der Waals surface area contributed by atoms with Crippen molar-refractivity contribution in [3.8, 4) is 6.07 Å². The van der Waals surface area contributed by atoms with Gasteiger partial charge in [0, 0.05) is 6.54 Å². The van der Waals surface area contributed by atoms with E-state index in [9.17, 15) is 4.39 Å². The number of benzene rings is 1. The fraction of sp³-hybridized carbons (Fsp3) is 0.200. The van der Waals surface area contributed by atoms with Gasteiger partial charge in [-0.25, -0.2) is 9.37 Å². The summed E-state index contributed by atoms with van der Waals surface area (Å²) in [5.74, 6) is 0.402. The Kier molecular flexibility index (Phi) is 4.91. The molecule has 0 unspecified atom stereocenters. The summed E-state index contributed by atoms with van der Waals surface area (Å²) in [7, 11) is 0. The van der Waals surface area contributed by atoms with Gasteiger partial charge in [-0.3, -0.25) is 0 Å². The third kappa shape index (κ3) is 3.94. The second-order valence-electron chi connectivity index (χ2n) is 4.30. The van der Waals surface area contributed by atoms with Crippen molar-refractivity contribution in [3.63, 3.8) is 0 Å². The number of hydrogen-bond donors (Lipinski definition) is 1. The molecule has 5 heteroatoms. The lowest BCUT2D eigenvalue weighted by molar-refractivity contribution is 0.624. The van der Waals surface area contributed by atoms with Crippen LogP contribution in [0.2, 0.25) is 5.02 Å². The topological polar surface area (TPSA) is 48.7 Å². The number of anilines is 1. The lowest BCUT2D eigenvalue weighted by atomic mass is 10.1. The van der Waals surface area contributed by atoms with Crippen LogP contribution in [0, 0.1) is 17.1 Å². The van der Waals surface area contributed by atoms with E-state index in [0.29, 0.717) is 17.4 Å². The summed E-state index contributed by atoms with van der Waals surface area (Å²) in [4.78, 5) is 4.09. The Hall–Kier alpha value is -2.12. The maximum atomic E-state index is 13.0. The number of pyridine rings is 1. The lowest BCUT2D eigenvalue weighted by Crippen LogP contribution is -2.05. The summed E-state index contributed by atoms with van der Waals surface area (Å²) in [6, 6.07) is 11.9. The molecule has 0 atom stereocenters. The summed E-state index contributed by atoms with van der Waals surface area (Å²) in [6.07, 6.45) is 1.62. The predicted molar refractivity (Wildman–Crippen MR) is 77.2 cm³/mol. The molecule has 0 amide bonds. The van der Waals surface area contributed by atoms with Crippen LogP contribution in [0.5, 0.6) is 0 Å². The van der Waals surface area contributed by atoms with Crippen LogP contribution in [0.3, 0.4) is 0 Å². The van der Waals surface area contributed by atoms with Crippen molar-refractivity contribution >= 4 is 17.4 Å². The molecule has 0 fully saturated rings. The molecule has 2 aromatic rings. The van der Waals surface area contributed by atoms with Gasteiger partial charge in [0.05, 0.1) is 5.02 Å². The van der Waals surface area contributed by atoms with Gasteiger partial charge in [-0.05, 0) is 42.7 Å². The third-order valence-electron chi connectivity index (χ3n) is 2.79. The van der Waals surface area contributed by atoms with Crippen LogP contribution in [0.4, 0.5) is 10.2 Å². The number of hydrogen-bond acceptors (Lipinski definition) is 3. The quantitative estimate of drug-likeness (QED) is 0.852. The minimum absolute atomic E-state index is 0.210. The maximum absolute atomic E-state index is 13.0. The molecule has 20 heavy (non-hydrogen) atoms. The average molecular weight is 290 g/mol. The minimum Gasteiger partial charge on any atom is -0.370 e. The third-order valence-corrected chi connectivity index (χ3v) is 3.09. The number of aryl methyl sites for hydroxylation is 1. The second kappa shape index (κ2) is 6.88. The molecule has 0 radical (unpaired) electrons. The van der Waals surface area contributed by atoms with E-state index in [4.69, 9.17) is 16.9 Å². The molecule has 0 aliphatic rings. The van der Waals surface area contributed by atoms with Crippen LogP contribution in [-0.2, 0) is 6.42 Å². The normalized spacial score (nSPS) is 10.1. The molecule has 2 rings (SSSR count). The zero-order valence-corrected chi connectivity index (χ0v) is 11.5. The highest BCUT2D eigenvalue weighted by Crippen LogP contribution is 2.15. The molecular formula is C15H13ClFN3. The Morgan fingerprint density at radius 3 is 2.90 bits per heavy atom. The molecule has 0 bridgehead atoms. The van der Waals surface area contributed by atoms with E-state index in [1.54, 1.807) is 18.2 Å². The standard InChI is InChI=1S/C15H13ClFN3/c16-13-6-7-15(20-14(13)10-18)19-8-2-4-11-3-1-5-12(17)9-11/h1,3,5-7,9H,2,4,8H2,(H,19,20). The van der Waals surface area contributed by atoms with Crippen molar-refractivity contribution in [2.75, 3.05) is 11.9 Å². The highest BCUT2D eigenvalue weighted by atomic mass is 35.5. The van der Waals surface area contributed by atoms with E-state index in [2.05, 4.69) is 10.3 Å². The molecule has 0 aliphatic heterocycles. The molecule has 3 nitrogen and oxygen atoms in total. The molecule has 102 valence electrons. The Balaban J connectivity index is 1.83. The smallest absolute Gasteiger partial charge is 0.161 e. The molecule has 1 N–H and O–H groups in total. The second-order valence-corrected chi connectivity index (χ2v) is 4.71. The molecule has 0 saturated carbocycles. The van der Waals surface area contributed by atoms with Crippen LogP contribution in [-0.4, -0.2) is 11.5 Å². The number of rotatable bonds is 5. The van der Waals surface area contributed by atoms with Gasteiger partial charge in [0.15, 0.2) is 5.69 Å². The molecule has 0 aliphatic carbocycles. The van der Waals surface area contributed by atoms with Gasteiger partial charge in [0.1, 0.15) is 17.7 Å². The minimum atomic E-state index is -0.214. The zero-order chi connectivity index (χ0) is 14.4. The van der Waals surface area contributed by atoms with Crippen LogP contribution in [0.15, 0.2) is 36.4 Å². The summed E-state index contributed by atoms with van der Waals surface area (Å²) in [6.45, 7) is 0.690. The van der Waals surface area contributed by atoms with Gasteiger partial charge in [0.2, 0.25) is 0 Å². The first-order chi connectivity index (χ1) is 9.69. The number of nitriles is 1. The van der Waals surface area contributed by atoms with E-state index >= 15 is 0 Å². The SMILES string of the molecule is N#Cc1nc(NCCCc2cccc(F)c2)ccc1Cl. The molecule has 1 heterocycles. The predicted octanol–water partition coefficient (Wildman–Crippen LogP) is 3.79. The first-order valence-electron chi connectivity index (χ1n) is 6.24. The zero-order valence-electron chi connectivity index (χ0n) is 10.7. The molecule has 0 saturated heterocycles. The highest BCUT2D eigenvalue weighted by Gasteiger charge is 2.02. The summed E-state index contributed by atoms with van der Waals surface area (Å²) >= 11 is 5.80. The number of nitrogens with zero attached hydrogens (tertiary/aromatic N) is 2. The van der Waals surface area contributed by atoms with Crippen molar-refractivity contribution in [1.29, 1.82) is 5.26 Å². The van der Waals surface area contributed by atoms with Gasteiger partial charge in [0.25, 0.3) is 0 Å². The first-order valence-corrected chi connectivity index (χ1v) is 6.62. The maximum Gasteiger partial charge on any atom is 0.161 e. The van der Waals surface area contributed by atoms with Crippen LogP contribution in [0.25, 0.3) is 0 Å². The summed E-state index contributed by atoms with van der Waals surface area (Å²) < 4.78 is 13.0. The van der Waals surface area contributed by atoms with Gasteiger partial charge in [-0.15, -0.1) is 0 Å². The number of aromatic nitrogens is 1. The molecule has 1 aromatic carbocycles. The van der Waals surface area contributed by atoms with Crippen LogP contribution >= 0.6 is 11.6 Å². The first kappa shape index (κ1) is 14.3. The van der Waals surface area contributed by atoms with Crippen molar-refractivity contribution in [2.24, 2.45) is 0 Å². The Morgan fingerprint density at radius 1 is 1.30 bits per heavy atom. The van der Waals surface area contributed by atoms with E-state index in [-0.39, 0.29) is 11.5 Å². The van der Waals surface area contributed by atoms with E-state index < -0.39 is 0 Å². The van der Waals surface area contributed by atoms with Gasteiger partial charge >= 0.3 is 0 Å². The highest BCUT2D eigenvalue weighted by molar-refractivity contribution is 6.31. The van der Waals surface area contributed by atoms with Crippen molar-refractivity contribution < 1.29 is 4.39 Å². The van der Waals surface area contributed by atoms with Gasteiger partial charge in [-0.2, -0.15) is 5.26 Å². The van der Waals surface area contributed by atoms with Crippen molar-refractivity contribution in [2.45, 2.75) is 12.8 Å². The van der Waals surface area contributed by atoms with Crippen molar-refractivity contribution in [3.05, 3.63) is 58.5 Å². The fourth-order valence-electron chi connectivity index (χ4n) is 1.82. The van der Waals surface area contributed by atoms with Crippen LogP contribution < -0.4 is 5.32 Å². The van der Waals surface area contributed by atoms with E-state index in [1.807, 2.05) is 12.1 Å². The monoisotopic (exact) mass is 289 g/mol. The lowest BCUT2D eigenvalue weighted by Gasteiger charge is -2.06. The van der Waals surface area contributed by atoms with Crippen LogP contribution in [0.1, 0.15) is 17.7 Å². The summed E-state index contributed by atoms with van der Waals surface area (Å²) in [5.41, 5.74) is 1.18. The Labute approximate surface area is 122 Å². The average Bonchev–Trinajstić information content (AvgIpc) is 2.45. The van der Waals surface area contributed by atoms with E-state index in [1.165, 1.54) is 12.1 Å². The van der Waals surface area contributed by atoms with E-state index in [0.717, 1.165) is 18.4 Å². The molecule has 0 spiro atoms.